The van der Waals surface area contributed by atoms with E-state index >= 15 is 0 Å². The van der Waals surface area contributed by atoms with Crippen LogP contribution in [0.4, 0.5) is 0 Å². The zero-order chi connectivity index (χ0) is 13.7. The van der Waals surface area contributed by atoms with Crippen LogP contribution in [0.1, 0.15) is 53.4 Å². The molecule has 0 aromatic heterocycles. The summed E-state index contributed by atoms with van der Waals surface area (Å²) in [5.41, 5.74) is -1.46. The minimum absolute atomic E-state index is 0.195. The van der Waals surface area contributed by atoms with E-state index in [9.17, 15) is 15.0 Å². The Morgan fingerprint density at radius 3 is 2.44 bits per heavy atom. The fourth-order valence-corrected chi connectivity index (χ4v) is 4.32. The van der Waals surface area contributed by atoms with E-state index in [4.69, 9.17) is 0 Å². The van der Waals surface area contributed by atoms with Crippen molar-refractivity contribution < 1.29 is 15.0 Å². The molecule has 18 heavy (non-hydrogen) atoms. The maximum Gasteiger partial charge on any atom is 0.139 e. The highest BCUT2D eigenvalue weighted by Gasteiger charge is 2.59. The van der Waals surface area contributed by atoms with Crippen LogP contribution in [0.3, 0.4) is 0 Å². The number of aliphatic hydroxyl groups excluding tert-OH is 1. The summed E-state index contributed by atoms with van der Waals surface area (Å²) in [6.07, 6.45) is 2.04. The molecule has 5 atom stereocenters. The quantitative estimate of drug-likeness (QED) is 0.754. The predicted octanol–water partition coefficient (Wildman–Crippen LogP) is 2.15. The Kier molecular flexibility index (Phi) is 3.35. The summed E-state index contributed by atoms with van der Waals surface area (Å²) in [4.78, 5) is 12.2. The fraction of sp³-hybridized carbons (Fsp3) is 0.933. The third kappa shape index (κ3) is 1.92. The third-order valence-corrected chi connectivity index (χ3v) is 5.49. The number of Topliss-reactive ketones (excluding diaryl/α,β-unsaturated/α-hetero) is 1. The Bertz CT molecular complexity index is 348. The largest absolute Gasteiger partial charge is 0.392 e. The standard InChI is InChI=1S/C15H26O3/c1-9(2)10-5-7-14(3)11(16)6-8-15(4,18)13(14)12(10)17/h9-10,12-13,17-18H,5-8H2,1-4H3/t10-,12+,13+,14-,15-/m0/s1. The SMILES string of the molecule is CC(C)[C@@H]1CC[C@@]2(C)C(=O)CC[C@](C)(O)[C@@H]2[C@@H]1O. The zero-order valence-electron chi connectivity index (χ0n) is 11.9. The van der Waals surface area contributed by atoms with Crippen molar-refractivity contribution in [3.8, 4) is 0 Å². The van der Waals surface area contributed by atoms with Gasteiger partial charge >= 0.3 is 0 Å². The van der Waals surface area contributed by atoms with E-state index in [0.717, 1.165) is 12.8 Å². The third-order valence-electron chi connectivity index (χ3n) is 5.49. The number of rotatable bonds is 1. The van der Waals surface area contributed by atoms with Crippen LogP contribution in [0.5, 0.6) is 0 Å². The Morgan fingerprint density at radius 2 is 1.89 bits per heavy atom. The van der Waals surface area contributed by atoms with Gasteiger partial charge in [-0.3, -0.25) is 4.79 Å². The summed E-state index contributed by atoms with van der Waals surface area (Å²) < 4.78 is 0. The van der Waals surface area contributed by atoms with Gasteiger partial charge in [0.25, 0.3) is 0 Å². The van der Waals surface area contributed by atoms with Crippen LogP contribution >= 0.6 is 0 Å². The van der Waals surface area contributed by atoms with Crippen LogP contribution < -0.4 is 0 Å². The number of hydrogen-bond acceptors (Lipinski definition) is 3. The Labute approximate surface area is 110 Å². The summed E-state index contributed by atoms with van der Waals surface area (Å²) in [6, 6.07) is 0. The van der Waals surface area contributed by atoms with Crippen molar-refractivity contribution in [2.75, 3.05) is 0 Å². The molecule has 0 radical (unpaired) electrons. The summed E-state index contributed by atoms with van der Waals surface area (Å²) >= 11 is 0. The zero-order valence-corrected chi connectivity index (χ0v) is 11.9. The highest BCUT2D eigenvalue weighted by molar-refractivity contribution is 5.86. The molecule has 0 bridgehead atoms. The molecule has 0 unspecified atom stereocenters. The molecule has 0 aliphatic heterocycles. The van der Waals surface area contributed by atoms with Gasteiger partial charge in [0.1, 0.15) is 5.78 Å². The van der Waals surface area contributed by atoms with Crippen LogP contribution in [0, 0.1) is 23.2 Å². The van der Waals surface area contributed by atoms with Gasteiger partial charge in [-0.15, -0.1) is 0 Å². The molecule has 0 amide bonds. The van der Waals surface area contributed by atoms with Crippen LogP contribution in [-0.4, -0.2) is 27.7 Å². The molecule has 0 saturated heterocycles. The molecule has 104 valence electrons. The van der Waals surface area contributed by atoms with E-state index in [1.807, 2.05) is 6.92 Å². The summed E-state index contributed by atoms with van der Waals surface area (Å²) in [5, 5.41) is 21.3. The summed E-state index contributed by atoms with van der Waals surface area (Å²) in [5.74, 6) is 0.491. The van der Waals surface area contributed by atoms with Gasteiger partial charge in [0.15, 0.2) is 0 Å². The highest BCUT2D eigenvalue weighted by Crippen LogP contribution is 2.54. The van der Waals surface area contributed by atoms with Crippen molar-refractivity contribution in [1.82, 2.24) is 0 Å². The molecule has 0 aromatic carbocycles. The molecule has 2 N–H and O–H groups in total. The number of fused-ring (bicyclic) bond motifs is 1. The highest BCUT2D eigenvalue weighted by atomic mass is 16.3. The molecule has 0 spiro atoms. The molecule has 2 rings (SSSR count). The predicted molar refractivity (Wildman–Crippen MR) is 70.0 cm³/mol. The molecule has 3 heteroatoms. The van der Waals surface area contributed by atoms with Gasteiger partial charge < -0.3 is 10.2 Å². The molecular weight excluding hydrogens is 228 g/mol. The summed E-state index contributed by atoms with van der Waals surface area (Å²) in [6.45, 7) is 7.94. The Hall–Kier alpha value is -0.410. The molecule has 2 aliphatic rings. The number of aliphatic hydroxyl groups is 2. The molecule has 2 fully saturated rings. The van der Waals surface area contributed by atoms with E-state index in [1.165, 1.54) is 0 Å². The van der Waals surface area contributed by atoms with Gasteiger partial charge in [0.05, 0.1) is 11.7 Å². The van der Waals surface area contributed by atoms with E-state index in [0.29, 0.717) is 18.8 Å². The smallest absolute Gasteiger partial charge is 0.139 e. The van der Waals surface area contributed by atoms with E-state index < -0.39 is 17.1 Å². The van der Waals surface area contributed by atoms with Crippen LogP contribution in [0.2, 0.25) is 0 Å². The minimum Gasteiger partial charge on any atom is -0.392 e. The van der Waals surface area contributed by atoms with Crippen molar-refractivity contribution >= 4 is 5.78 Å². The normalized spacial score (nSPS) is 49.3. The maximum atomic E-state index is 12.2. The second-order valence-electron chi connectivity index (χ2n) is 7.11. The lowest BCUT2D eigenvalue weighted by molar-refractivity contribution is -0.189. The lowest BCUT2D eigenvalue weighted by atomic mass is 9.51. The van der Waals surface area contributed by atoms with Crippen molar-refractivity contribution in [2.24, 2.45) is 23.2 Å². The lowest BCUT2D eigenvalue weighted by Gasteiger charge is -2.55. The van der Waals surface area contributed by atoms with Crippen molar-refractivity contribution in [1.29, 1.82) is 0 Å². The van der Waals surface area contributed by atoms with E-state index in [-0.39, 0.29) is 17.6 Å². The van der Waals surface area contributed by atoms with Gasteiger partial charge in [-0.25, -0.2) is 0 Å². The molecular formula is C15H26O3. The monoisotopic (exact) mass is 254 g/mol. The van der Waals surface area contributed by atoms with Gasteiger partial charge in [-0.05, 0) is 38.0 Å². The first-order chi connectivity index (χ1) is 8.20. The molecule has 3 nitrogen and oxygen atoms in total. The van der Waals surface area contributed by atoms with Gasteiger partial charge in [-0.1, -0.05) is 20.8 Å². The van der Waals surface area contributed by atoms with Crippen molar-refractivity contribution in [3.05, 3.63) is 0 Å². The van der Waals surface area contributed by atoms with Crippen molar-refractivity contribution in [3.63, 3.8) is 0 Å². The first-order valence-electron chi connectivity index (χ1n) is 7.14. The number of carbonyl (C=O) groups excluding carboxylic acids is 1. The minimum atomic E-state index is -0.921. The second-order valence-corrected chi connectivity index (χ2v) is 7.11. The maximum absolute atomic E-state index is 12.2. The Morgan fingerprint density at radius 1 is 1.28 bits per heavy atom. The lowest BCUT2D eigenvalue weighted by Crippen LogP contribution is -2.62. The first-order valence-corrected chi connectivity index (χ1v) is 7.14. The molecule has 0 aromatic rings. The van der Waals surface area contributed by atoms with Gasteiger partial charge in [0.2, 0.25) is 0 Å². The van der Waals surface area contributed by atoms with Crippen LogP contribution in [-0.2, 0) is 4.79 Å². The average molecular weight is 254 g/mol. The van der Waals surface area contributed by atoms with Crippen molar-refractivity contribution in [2.45, 2.75) is 65.1 Å². The Balaban J connectivity index is 2.38. The van der Waals surface area contributed by atoms with Gasteiger partial charge in [-0.2, -0.15) is 0 Å². The topological polar surface area (TPSA) is 57.5 Å². The second kappa shape index (κ2) is 4.31. The molecule has 0 heterocycles. The average Bonchev–Trinajstić information content (AvgIpc) is 2.23. The van der Waals surface area contributed by atoms with Gasteiger partial charge in [0, 0.05) is 17.8 Å². The summed E-state index contributed by atoms with van der Waals surface area (Å²) in [7, 11) is 0. The first kappa shape index (κ1) is 14.0. The van der Waals surface area contributed by atoms with Crippen LogP contribution in [0.25, 0.3) is 0 Å². The number of ketones is 1. The van der Waals surface area contributed by atoms with E-state index in [2.05, 4.69) is 13.8 Å². The molecule has 2 aliphatic carbocycles. The van der Waals surface area contributed by atoms with E-state index in [1.54, 1.807) is 6.92 Å². The number of hydrogen-bond donors (Lipinski definition) is 2. The van der Waals surface area contributed by atoms with Crippen LogP contribution in [0.15, 0.2) is 0 Å². The molecule has 2 saturated carbocycles. The number of carbonyl (C=O) groups is 1. The fourth-order valence-electron chi connectivity index (χ4n) is 4.32.